The van der Waals surface area contributed by atoms with Crippen molar-refractivity contribution in [3.05, 3.63) is 34.7 Å². The molecule has 0 spiro atoms. The third-order valence-electron chi connectivity index (χ3n) is 4.81. The van der Waals surface area contributed by atoms with Crippen molar-refractivity contribution in [1.82, 2.24) is 15.1 Å². The normalized spacial score (nSPS) is 23.8. The van der Waals surface area contributed by atoms with Gasteiger partial charge in [-0.2, -0.15) is 0 Å². The Kier molecular flexibility index (Phi) is 4.20. The van der Waals surface area contributed by atoms with Crippen LogP contribution < -0.4 is 0 Å². The topological polar surface area (TPSA) is 71.4 Å². The van der Waals surface area contributed by atoms with Crippen LogP contribution in [0.4, 0.5) is 0 Å². The number of amides is 1. The second-order valence-corrected chi connectivity index (χ2v) is 6.63. The van der Waals surface area contributed by atoms with Gasteiger partial charge < -0.3 is 14.1 Å². The van der Waals surface area contributed by atoms with Crippen LogP contribution in [-0.4, -0.2) is 46.3 Å². The van der Waals surface area contributed by atoms with E-state index in [2.05, 4.69) is 10.2 Å². The van der Waals surface area contributed by atoms with Gasteiger partial charge in [0.2, 0.25) is 5.89 Å². The highest BCUT2D eigenvalue weighted by Gasteiger charge is 2.36. The van der Waals surface area contributed by atoms with Crippen molar-refractivity contribution in [2.75, 3.05) is 13.2 Å². The molecule has 0 radical (unpaired) electrons. The van der Waals surface area contributed by atoms with Crippen LogP contribution in [-0.2, 0) is 4.74 Å². The van der Waals surface area contributed by atoms with Crippen LogP contribution in [0.25, 0.3) is 11.5 Å². The number of morpholine rings is 1. The zero-order valence-electron chi connectivity index (χ0n) is 13.2. The van der Waals surface area contributed by atoms with Gasteiger partial charge in [-0.15, -0.1) is 5.10 Å². The van der Waals surface area contributed by atoms with Crippen molar-refractivity contribution >= 4 is 18.1 Å². The molecule has 4 rings (SSSR count). The highest BCUT2D eigenvalue weighted by atomic mass is 32.1. The molecule has 1 saturated carbocycles. The van der Waals surface area contributed by atoms with Gasteiger partial charge in [0.15, 0.2) is 0 Å². The first kappa shape index (κ1) is 15.5. The van der Waals surface area contributed by atoms with Gasteiger partial charge in [0, 0.05) is 17.7 Å². The monoisotopic (exact) mass is 345 g/mol. The molecule has 2 unspecified atom stereocenters. The maximum atomic E-state index is 12.9. The lowest BCUT2D eigenvalue weighted by molar-refractivity contribution is -0.0752. The Bertz CT molecular complexity index is 781. The highest BCUT2D eigenvalue weighted by molar-refractivity contribution is 7.71. The number of hydrogen-bond acceptors (Lipinski definition) is 5. The molecule has 1 saturated heterocycles. The molecule has 6 nitrogen and oxygen atoms in total. The number of benzene rings is 1. The number of carbonyl (C=O) groups excluding carboxylic acids is 1. The largest absolute Gasteiger partial charge is 0.409 e. The molecule has 2 aliphatic rings. The van der Waals surface area contributed by atoms with Gasteiger partial charge in [-0.05, 0) is 49.3 Å². The minimum absolute atomic E-state index is 0.0738. The van der Waals surface area contributed by atoms with E-state index >= 15 is 0 Å². The third kappa shape index (κ3) is 2.89. The smallest absolute Gasteiger partial charge is 0.284 e. The van der Waals surface area contributed by atoms with E-state index in [1.54, 1.807) is 0 Å². The first-order valence-electron chi connectivity index (χ1n) is 8.31. The number of fused-ring (bicyclic) bond motifs is 1. The van der Waals surface area contributed by atoms with Crippen LogP contribution in [0.15, 0.2) is 28.7 Å². The summed E-state index contributed by atoms with van der Waals surface area (Å²) in [4.78, 5) is 15.1. The molecule has 2 atom stereocenters. The molecular weight excluding hydrogens is 326 g/mol. The van der Waals surface area contributed by atoms with E-state index < -0.39 is 0 Å². The van der Waals surface area contributed by atoms with Gasteiger partial charge in [0.1, 0.15) is 0 Å². The van der Waals surface area contributed by atoms with Crippen LogP contribution in [0.2, 0.25) is 0 Å². The summed E-state index contributed by atoms with van der Waals surface area (Å²) in [5.74, 6) is 0.502. The van der Waals surface area contributed by atoms with Crippen molar-refractivity contribution < 1.29 is 13.9 Å². The molecule has 1 aromatic heterocycles. The van der Waals surface area contributed by atoms with Crippen LogP contribution in [0, 0.1) is 4.84 Å². The summed E-state index contributed by atoms with van der Waals surface area (Å²) in [6.07, 6.45) is 4.64. The molecule has 0 bridgehead atoms. The van der Waals surface area contributed by atoms with Crippen molar-refractivity contribution in [2.45, 2.75) is 37.8 Å². The molecule has 2 fully saturated rings. The molecule has 2 aromatic rings. The van der Waals surface area contributed by atoms with Crippen molar-refractivity contribution in [1.29, 1.82) is 0 Å². The number of H-pyrrole nitrogens is 1. The fraction of sp³-hybridized carbons (Fsp3) is 0.471. The Morgan fingerprint density at radius 1 is 1.25 bits per heavy atom. The Morgan fingerprint density at radius 3 is 2.79 bits per heavy atom. The van der Waals surface area contributed by atoms with E-state index in [-0.39, 0.29) is 22.9 Å². The van der Waals surface area contributed by atoms with Crippen LogP contribution in [0.1, 0.15) is 36.0 Å². The Labute approximate surface area is 144 Å². The summed E-state index contributed by atoms with van der Waals surface area (Å²) < 4.78 is 11.1. The summed E-state index contributed by atoms with van der Waals surface area (Å²) >= 11 is 4.88. The van der Waals surface area contributed by atoms with Gasteiger partial charge in [-0.3, -0.25) is 4.79 Å². The minimum Gasteiger partial charge on any atom is -0.409 e. The first-order valence-corrected chi connectivity index (χ1v) is 8.72. The van der Waals surface area contributed by atoms with Gasteiger partial charge in [-0.25, -0.2) is 5.10 Å². The zero-order chi connectivity index (χ0) is 16.5. The lowest BCUT2D eigenvalue weighted by Gasteiger charge is -2.43. The van der Waals surface area contributed by atoms with Crippen LogP contribution in [0.5, 0.6) is 0 Å². The maximum Gasteiger partial charge on any atom is 0.284 e. The fourth-order valence-electron chi connectivity index (χ4n) is 3.62. The molecule has 1 aliphatic heterocycles. The van der Waals surface area contributed by atoms with E-state index in [9.17, 15) is 4.79 Å². The summed E-state index contributed by atoms with van der Waals surface area (Å²) in [5, 5.41) is 6.59. The molecule has 126 valence electrons. The summed E-state index contributed by atoms with van der Waals surface area (Å²) in [6, 6.07) is 7.51. The standard InChI is InChI=1S/C17H19N3O3S/c21-16(20-9-10-22-14-4-2-1-3-13(14)20)12-7-5-11(6-8-12)15-18-19-17(24)23-15/h5-8,13-14H,1-4,9-10H2,(H,19,24). The summed E-state index contributed by atoms with van der Waals surface area (Å²) in [6.45, 7) is 1.29. The van der Waals surface area contributed by atoms with E-state index in [1.807, 2.05) is 29.2 Å². The van der Waals surface area contributed by atoms with Crippen molar-refractivity contribution in [3.8, 4) is 11.5 Å². The number of aromatic nitrogens is 2. The second kappa shape index (κ2) is 6.49. The third-order valence-corrected chi connectivity index (χ3v) is 4.98. The van der Waals surface area contributed by atoms with E-state index in [0.717, 1.165) is 24.8 Å². The van der Waals surface area contributed by atoms with Gasteiger partial charge in [-0.1, -0.05) is 12.8 Å². The predicted octanol–water partition coefficient (Wildman–Crippen LogP) is 3.18. The maximum absolute atomic E-state index is 12.9. The number of nitrogens with one attached hydrogen (secondary N) is 1. The molecule has 24 heavy (non-hydrogen) atoms. The van der Waals surface area contributed by atoms with E-state index in [1.165, 1.54) is 6.42 Å². The van der Waals surface area contributed by atoms with E-state index in [4.69, 9.17) is 21.4 Å². The molecule has 7 heteroatoms. The lowest BCUT2D eigenvalue weighted by Crippen LogP contribution is -2.54. The number of carbonyl (C=O) groups is 1. The minimum atomic E-state index is 0.0738. The Hall–Kier alpha value is -1.99. The number of rotatable bonds is 2. The second-order valence-electron chi connectivity index (χ2n) is 6.26. The van der Waals surface area contributed by atoms with Gasteiger partial charge in [0.05, 0.1) is 18.8 Å². The highest BCUT2D eigenvalue weighted by Crippen LogP contribution is 2.29. The average Bonchev–Trinajstić information content (AvgIpc) is 3.07. The number of ether oxygens (including phenoxy) is 1. The van der Waals surface area contributed by atoms with Gasteiger partial charge in [0.25, 0.3) is 10.7 Å². The molecule has 1 aromatic carbocycles. The molecule has 1 N–H and O–H groups in total. The molecule has 2 heterocycles. The summed E-state index contributed by atoms with van der Waals surface area (Å²) in [7, 11) is 0. The zero-order valence-corrected chi connectivity index (χ0v) is 14.1. The Balaban J connectivity index is 1.54. The number of aromatic amines is 1. The first-order chi connectivity index (χ1) is 11.7. The van der Waals surface area contributed by atoms with E-state index in [0.29, 0.717) is 24.6 Å². The lowest BCUT2D eigenvalue weighted by atomic mass is 9.89. The number of hydrogen-bond donors (Lipinski definition) is 1. The van der Waals surface area contributed by atoms with Crippen molar-refractivity contribution in [2.24, 2.45) is 0 Å². The molecule has 1 aliphatic carbocycles. The summed E-state index contributed by atoms with van der Waals surface area (Å²) in [5.41, 5.74) is 1.47. The average molecular weight is 345 g/mol. The molecular formula is C17H19N3O3S. The Morgan fingerprint density at radius 2 is 2.04 bits per heavy atom. The van der Waals surface area contributed by atoms with Crippen LogP contribution in [0.3, 0.4) is 0 Å². The molecule has 1 amide bonds. The van der Waals surface area contributed by atoms with Crippen LogP contribution >= 0.6 is 12.2 Å². The fourth-order valence-corrected chi connectivity index (χ4v) is 3.75. The van der Waals surface area contributed by atoms with Crippen molar-refractivity contribution in [3.63, 3.8) is 0 Å². The predicted molar refractivity (Wildman–Crippen MR) is 90.2 cm³/mol. The quantitative estimate of drug-likeness (QED) is 0.847. The van der Waals surface area contributed by atoms with Gasteiger partial charge >= 0.3 is 0 Å². The number of nitrogens with zero attached hydrogens (tertiary/aromatic N) is 2. The SMILES string of the molecule is O=C(c1ccc(-c2n[nH]c(=S)o2)cc1)N1CCOC2CCCCC21.